The van der Waals surface area contributed by atoms with Gasteiger partial charge in [0.05, 0.1) is 0 Å². The summed E-state index contributed by atoms with van der Waals surface area (Å²) in [6.07, 6.45) is 4.33. The van der Waals surface area contributed by atoms with Gasteiger partial charge in [0.2, 0.25) is 0 Å². The normalized spacial score (nSPS) is 18.1. The molecule has 1 aromatic carbocycles. The van der Waals surface area contributed by atoms with Crippen LogP contribution in [0, 0.1) is 13.8 Å². The monoisotopic (exact) mass is 373 g/mol. The van der Waals surface area contributed by atoms with E-state index in [1.165, 1.54) is 6.42 Å². The summed E-state index contributed by atoms with van der Waals surface area (Å²) in [6, 6.07) is 3.77. The zero-order chi connectivity index (χ0) is 19.2. The molecule has 3 rings (SSSR count). The fourth-order valence-electron chi connectivity index (χ4n) is 3.90. The first-order valence-electron chi connectivity index (χ1n) is 10.1. The SMILES string of the molecule is Cc1cc(C(=O)N2CCCNCC2)cc(C)c1OCC(=O)N1CCCCC1. The number of rotatable bonds is 4. The minimum absolute atomic E-state index is 0.0470. The first kappa shape index (κ1) is 19.7. The second kappa shape index (κ2) is 9.22. The summed E-state index contributed by atoms with van der Waals surface area (Å²) in [5.74, 6) is 0.834. The molecule has 0 unspecified atom stereocenters. The predicted molar refractivity (Wildman–Crippen MR) is 105 cm³/mol. The number of hydrogen-bond donors (Lipinski definition) is 1. The van der Waals surface area contributed by atoms with Gasteiger partial charge in [0.25, 0.3) is 11.8 Å². The zero-order valence-electron chi connectivity index (χ0n) is 16.6. The van der Waals surface area contributed by atoms with Crippen molar-refractivity contribution in [3.63, 3.8) is 0 Å². The van der Waals surface area contributed by atoms with Crippen molar-refractivity contribution < 1.29 is 14.3 Å². The smallest absolute Gasteiger partial charge is 0.260 e. The van der Waals surface area contributed by atoms with E-state index in [0.717, 1.165) is 75.4 Å². The molecule has 2 saturated heterocycles. The van der Waals surface area contributed by atoms with Crippen molar-refractivity contribution >= 4 is 11.8 Å². The van der Waals surface area contributed by atoms with Crippen LogP contribution in [0.4, 0.5) is 0 Å². The zero-order valence-corrected chi connectivity index (χ0v) is 16.6. The van der Waals surface area contributed by atoms with Crippen molar-refractivity contribution in [1.82, 2.24) is 15.1 Å². The van der Waals surface area contributed by atoms with Gasteiger partial charge in [-0.1, -0.05) is 0 Å². The largest absolute Gasteiger partial charge is 0.483 e. The first-order valence-corrected chi connectivity index (χ1v) is 10.1. The Kier molecular flexibility index (Phi) is 6.72. The molecule has 0 aromatic heterocycles. The molecule has 2 heterocycles. The average Bonchev–Trinajstić information content (AvgIpc) is 2.96. The van der Waals surface area contributed by atoms with Crippen LogP contribution in [-0.2, 0) is 4.79 Å². The van der Waals surface area contributed by atoms with Crippen molar-refractivity contribution in [2.45, 2.75) is 39.5 Å². The van der Waals surface area contributed by atoms with Crippen LogP contribution in [-0.4, -0.2) is 67.5 Å². The highest BCUT2D eigenvalue weighted by atomic mass is 16.5. The Bertz CT molecular complexity index is 652. The summed E-state index contributed by atoms with van der Waals surface area (Å²) in [6.45, 7) is 8.92. The molecule has 0 bridgehead atoms. The topological polar surface area (TPSA) is 61.9 Å². The van der Waals surface area contributed by atoms with Crippen LogP contribution in [0.15, 0.2) is 12.1 Å². The Morgan fingerprint density at radius 2 is 1.59 bits per heavy atom. The number of amides is 2. The van der Waals surface area contributed by atoms with E-state index in [9.17, 15) is 9.59 Å². The van der Waals surface area contributed by atoms with Crippen LogP contribution in [0.5, 0.6) is 5.75 Å². The maximum atomic E-state index is 12.8. The van der Waals surface area contributed by atoms with Crippen molar-refractivity contribution in [3.05, 3.63) is 28.8 Å². The lowest BCUT2D eigenvalue weighted by atomic mass is 10.0. The second-order valence-electron chi connectivity index (χ2n) is 7.57. The number of piperidine rings is 1. The third-order valence-electron chi connectivity index (χ3n) is 5.38. The molecule has 27 heavy (non-hydrogen) atoms. The molecule has 0 atom stereocenters. The highest BCUT2D eigenvalue weighted by molar-refractivity contribution is 5.95. The van der Waals surface area contributed by atoms with Crippen LogP contribution in [0.3, 0.4) is 0 Å². The Morgan fingerprint density at radius 3 is 2.30 bits per heavy atom. The minimum Gasteiger partial charge on any atom is -0.483 e. The summed E-state index contributed by atoms with van der Waals surface area (Å²) >= 11 is 0. The highest BCUT2D eigenvalue weighted by Crippen LogP contribution is 2.26. The van der Waals surface area contributed by atoms with E-state index in [-0.39, 0.29) is 18.4 Å². The van der Waals surface area contributed by atoms with Gasteiger partial charge in [-0.3, -0.25) is 9.59 Å². The molecule has 1 N–H and O–H groups in total. The van der Waals surface area contributed by atoms with Crippen LogP contribution in [0.1, 0.15) is 47.2 Å². The molecule has 2 amide bonds. The average molecular weight is 373 g/mol. The van der Waals surface area contributed by atoms with Crippen LogP contribution in [0.25, 0.3) is 0 Å². The number of carbonyl (C=O) groups excluding carboxylic acids is 2. The van der Waals surface area contributed by atoms with Crippen LogP contribution < -0.4 is 10.1 Å². The Hall–Kier alpha value is -2.08. The standard InChI is InChI=1S/C21H31N3O3/c1-16-13-18(21(26)24-11-6-7-22-8-12-24)14-17(2)20(16)27-15-19(25)23-9-4-3-5-10-23/h13-14,22H,3-12,15H2,1-2H3. The van der Waals surface area contributed by atoms with E-state index in [2.05, 4.69) is 5.32 Å². The molecule has 2 aliphatic rings. The summed E-state index contributed by atoms with van der Waals surface area (Å²) < 4.78 is 5.86. The summed E-state index contributed by atoms with van der Waals surface area (Å²) in [7, 11) is 0. The second-order valence-corrected chi connectivity index (χ2v) is 7.57. The van der Waals surface area contributed by atoms with Crippen LogP contribution >= 0.6 is 0 Å². The molecule has 2 aliphatic heterocycles. The van der Waals surface area contributed by atoms with Gasteiger partial charge in [-0.2, -0.15) is 0 Å². The molecule has 0 spiro atoms. The van der Waals surface area contributed by atoms with Crippen LogP contribution in [0.2, 0.25) is 0 Å². The summed E-state index contributed by atoms with van der Waals surface area (Å²) in [5, 5.41) is 3.32. The number of hydrogen-bond acceptors (Lipinski definition) is 4. The molecule has 2 fully saturated rings. The number of ether oxygens (including phenoxy) is 1. The number of nitrogens with one attached hydrogen (secondary N) is 1. The number of likely N-dealkylation sites (tertiary alicyclic amines) is 1. The molecule has 148 valence electrons. The van der Waals surface area contributed by atoms with Gasteiger partial charge in [0, 0.05) is 38.3 Å². The van der Waals surface area contributed by atoms with Gasteiger partial charge in [0.1, 0.15) is 5.75 Å². The van der Waals surface area contributed by atoms with E-state index in [4.69, 9.17) is 4.74 Å². The number of carbonyl (C=O) groups is 2. The fraction of sp³-hybridized carbons (Fsp3) is 0.619. The minimum atomic E-state index is 0.0470. The van der Waals surface area contributed by atoms with E-state index >= 15 is 0 Å². The molecular weight excluding hydrogens is 342 g/mol. The Labute approximate surface area is 161 Å². The van der Waals surface area contributed by atoms with Crippen molar-refractivity contribution in [2.75, 3.05) is 45.9 Å². The number of benzene rings is 1. The number of aryl methyl sites for hydroxylation is 2. The van der Waals surface area contributed by atoms with Crippen molar-refractivity contribution in [1.29, 1.82) is 0 Å². The number of nitrogens with zero attached hydrogens (tertiary/aromatic N) is 2. The molecule has 6 nitrogen and oxygen atoms in total. The quantitative estimate of drug-likeness (QED) is 0.878. The molecule has 0 radical (unpaired) electrons. The van der Waals surface area contributed by atoms with Gasteiger partial charge >= 0.3 is 0 Å². The van der Waals surface area contributed by atoms with Crippen molar-refractivity contribution in [3.8, 4) is 5.75 Å². The lowest BCUT2D eigenvalue weighted by molar-refractivity contribution is -0.134. The van der Waals surface area contributed by atoms with Crippen molar-refractivity contribution in [2.24, 2.45) is 0 Å². The molecule has 0 aliphatic carbocycles. The third-order valence-corrected chi connectivity index (χ3v) is 5.38. The van der Waals surface area contributed by atoms with E-state index < -0.39 is 0 Å². The Morgan fingerprint density at radius 1 is 0.926 bits per heavy atom. The highest BCUT2D eigenvalue weighted by Gasteiger charge is 2.21. The fourth-order valence-corrected chi connectivity index (χ4v) is 3.90. The van der Waals surface area contributed by atoms with E-state index in [0.29, 0.717) is 5.56 Å². The van der Waals surface area contributed by atoms with Gasteiger partial charge in [0.15, 0.2) is 6.61 Å². The Balaban J connectivity index is 1.65. The van der Waals surface area contributed by atoms with E-state index in [1.807, 2.05) is 35.8 Å². The summed E-state index contributed by atoms with van der Waals surface area (Å²) in [5.41, 5.74) is 2.50. The van der Waals surface area contributed by atoms with E-state index in [1.54, 1.807) is 0 Å². The lowest BCUT2D eigenvalue weighted by Crippen LogP contribution is -2.38. The molecule has 1 aromatic rings. The van der Waals surface area contributed by atoms with Gasteiger partial charge in [-0.25, -0.2) is 0 Å². The first-order chi connectivity index (χ1) is 13.1. The van der Waals surface area contributed by atoms with Gasteiger partial charge < -0.3 is 19.9 Å². The predicted octanol–water partition coefficient (Wildman–Crippen LogP) is 2.13. The molecular formula is C21H31N3O3. The summed E-state index contributed by atoms with van der Waals surface area (Å²) in [4.78, 5) is 29.0. The van der Waals surface area contributed by atoms with Gasteiger partial charge in [-0.05, 0) is 69.3 Å². The third kappa shape index (κ3) is 5.01. The van der Waals surface area contributed by atoms with Gasteiger partial charge in [-0.15, -0.1) is 0 Å². The molecule has 0 saturated carbocycles. The molecule has 6 heteroatoms. The maximum Gasteiger partial charge on any atom is 0.260 e. The lowest BCUT2D eigenvalue weighted by Gasteiger charge is -2.27. The maximum absolute atomic E-state index is 12.8.